The van der Waals surface area contributed by atoms with Gasteiger partial charge in [-0.05, 0) is 36.2 Å². The largest absolute Gasteiger partial charge is 0.475 e. The number of carbonyl (C=O) groups excluding carboxylic acids is 1. The number of carboxylic acids is 1. The number of nitrogens with zero attached hydrogens (tertiary/aromatic N) is 2. The van der Waals surface area contributed by atoms with Crippen LogP contribution in [0.1, 0.15) is 21.7 Å². The first-order chi connectivity index (χ1) is 12.9. The van der Waals surface area contributed by atoms with Crippen molar-refractivity contribution in [2.75, 3.05) is 10.6 Å². The van der Waals surface area contributed by atoms with Gasteiger partial charge in [0.15, 0.2) is 5.82 Å². The van der Waals surface area contributed by atoms with Crippen molar-refractivity contribution in [3.05, 3.63) is 76.7 Å². The Labute approximate surface area is 160 Å². The van der Waals surface area contributed by atoms with Gasteiger partial charge in [0.05, 0.1) is 0 Å². The van der Waals surface area contributed by atoms with Crippen LogP contribution in [-0.2, 0) is 6.54 Å². The van der Waals surface area contributed by atoms with Gasteiger partial charge in [-0.15, -0.1) is 0 Å². The van der Waals surface area contributed by atoms with E-state index in [9.17, 15) is 14.7 Å². The van der Waals surface area contributed by atoms with Crippen LogP contribution >= 0.6 is 11.6 Å². The first kappa shape index (κ1) is 18.5. The average molecular weight is 385 g/mol. The van der Waals surface area contributed by atoms with E-state index >= 15 is 0 Å². The lowest BCUT2D eigenvalue weighted by atomic mass is 10.2. The lowest BCUT2D eigenvalue weighted by Gasteiger charge is -2.08. The van der Waals surface area contributed by atoms with E-state index in [1.54, 1.807) is 18.2 Å². The van der Waals surface area contributed by atoms with Crippen molar-refractivity contribution in [1.29, 1.82) is 0 Å². The molecular weight excluding hydrogens is 368 g/mol. The Balaban J connectivity index is 1.75. The summed E-state index contributed by atoms with van der Waals surface area (Å²) in [6, 6.07) is 13.9. The van der Waals surface area contributed by atoms with Crippen LogP contribution in [0.25, 0.3) is 0 Å². The number of amides is 2. The lowest BCUT2D eigenvalue weighted by Crippen LogP contribution is -2.20. The second-order valence-electron chi connectivity index (χ2n) is 5.91. The molecule has 0 fully saturated rings. The van der Waals surface area contributed by atoms with Gasteiger partial charge in [-0.3, -0.25) is 5.32 Å². The van der Waals surface area contributed by atoms with Crippen molar-refractivity contribution in [1.82, 2.24) is 9.55 Å². The molecule has 1 aromatic heterocycles. The summed E-state index contributed by atoms with van der Waals surface area (Å²) in [6.45, 7) is 2.15. The minimum absolute atomic E-state index is 0.146. The van der Waals surface area contributed by atoms with Gasteiger partial charge in [0.25, 0.3) is 0 Å². The van der Waals surface area contributed by atoms with Crippen molar-refractivity contribution in [3.63, 3.8) is 0 Å². The summed E-state index contributed by atoms with van der Waals surface area (Å²) < 4.78 is 1.47. The van der Waals surface area contributed by atoms with E-state index in [4.69, 9.17) is 11.6 Å². The Hall–Kier alpha value is -3.32. The quantitative estimate of drug-likeness (QED) is 0.613. The highest BCUT2D eigenvalue weighted by Gasteiger charge is 2.16. The Morgan fingerprint density at radius 3 is 2.56 bits per heavy atom. The predicted molar refractivity (Wildman–Crippen MR) is 104 cm³/mol. The highest BCUT2D eigenvalue weighted by atomic mass is 35.5. The predicted octanol–water partition coefficient (Wildman–Crippen LogP) is 4.24. The summed E-state index contributed by atoms with van der Waals surface area (Å²) in [5.41, 5.74) is 2.32. The van der Waals surface area contributed by atoms with E-state index in [0.29, 0.717) is 17.3 Å². The number of hydrogen-bond donors (Lipinski definition) is 3. The summed E-state index contributed by atoms with van der Waals surface area (Å²) in [6.07, 6.45) is 1.49. The summed E-state index contributed by atoms with van der Waals surface area (Å²) in [7, 11) is 0. The molecule has 0 aliphatic heterocycles. The molecule has 0 atom stereocenters. The number of urea groups is 1. The number of halogens is 1. The highest BCUT2D eigenvalue weighted by Crippen LogP contribution is 2.20. The van der Waals surface area contributed by atoms with Gasteiger partial charge in [0.2, 0.25) is 5.82 Å². The number of aryl methyl sites for hydroxylation is 1. The summed E-state index contributed by atoms with van der Waals surface area (Å²) in [5, 5.41) is 15.2. The van der Waals surface area contributed by atoms with Crippen molar-refractivity contribution < 1.29 is 14.7 Å². The van der Waals surface area contributed by atoms with E-state index < -0.39 is 12.0 Å². The molecule has 2 aromatic carbocycles. The molecule has 7 nitrogen and oxygen atoms in total. The minimum atomic E-state index is -1.17. The molecule has 27 heavy (non-hydrogen) atoms. The van der Waals surface area contributed by atoms with E-state index in [1.165, 1.54) is 10.8 Å². The van der Waals surface area contributed by atoms with Gasteiger partial charge in [-0.2, -0.15) is 0 Å². The number of hydrogen-bond acceptors (Lipinski definition) is 3. The van der Waals surface area contributed by atoms with Crippen LogP contribution in [0.4, 0.5) is 16.3 Å². The minimum Gasteiger partial charge on any atom is -0.475 e. The molecule has 0 spiro atoms. The first-order valence-electron chi connectivity index (χ1n) is 8.11. The Kier molecular flexibility index (Phi) is 5.42. The molecule has 0 unspecified atom stereocenters. The van der Waals surface area contributed by atoms with Crippen molar-refractivity contribution in [2.24, 2.45) is 0 Å². The molecule has 2 amide bonds. The van der Waals surface area contributed by atoms with E-state index in [0.717, 1.165) is 11.1 Å². The number of nitrogens with one attached hydrogen (secondary N) is 2. The van der Waals surface area contributed by atoms with Crippen LogP contribution < -0.4 is 10.6 Å². The lowest BCUT2D eigenvalue weighted by molar-refractivity contribution is 0.0679. The van der Waals surface area contributed by atoms with Crippen LogP contribution in [0.15, 0.2) is 54.7 Å². The number of aromatic nitrogens is 2. The molecule has 0 radical (unpaired) electrons. The van der Waals surface area contributed by atoms with Gasteiger partial charge < -0.3 is 15.0 Å². The first-order valence-corrected chi connectivity index (χ1v) is 8.48. The van der Waals surface area contributed by atoms with E-state index in [2.05, 4.69) is 15.6 Å². The fourth-order valence-corrected chi connectivity index (χ4v) is 2.81. The van der Waals surface area contributed by atoms with E-state index in [1.807, 2.05) is 37.3 Å². The van der Waals surface area contributed by atoms with Crippen LogP contribution in [0.3, 0.4) is 0 Å². The Morgan fingerprint density at radius 2 is 1.89 bits per heavy atom. The molecular formula is C19H17ClN4O3. The molecule has 0 bridgehead atoms. The highest BCUT2D eigenvalue weighted by molar-refractivity contribution is 6.30. The zero-order valence-corrected chi connectivity index (χ0v) is 15.2. The average Bonchev–Trinajstić information content (AvgIpc) is 3.01. The van der Waals surface area contributed by atoms with Crippen LogP contribution in [0, 0.1) is 6.92 Å². The topological polar surface area (TPSA) is 96.2 Å². The molecule has 0 saturated heterocycles. The van der Waals surface area contributed by atoms with Crippen LogP contribution in [0.2, 0.25) is 5.02 Å². The summed E-state index contributed by atoms with van der Waals surface area (Å²) in [5.74, 6) is -1.18. The van der Waals surface area contributed by atoms with Crippen LogP contribution in [-0.4, -0.2) is 26.7 Å². The van der Waals surface area contributed by atoms with Crippen molar-refractivity contribution >= 4 is 35.1 Å². The molecule has 0 aliphatic rings. The van der Waals surface area contributed by atoms with Gasteiger partial charge in [0, 0.05) is 23.5 Å². The zero-order valence-electron chi connectivity index (χ0n) is 14.4. The van der Waals surface area contributed by atoms with Gasteiger partial charge in [-0.1, -0.05) is 41.9 Å². The molecule has 1 heterocycles. The summed E-state index contributed by atoms with van der Waals surface area (Å²) in [4.78, 5) is 27.7. The summed E-state index contributed by atoms with van der Waals surface area (Å²) >= 11 is 5.90. The van der Waals surface area contributed by atoms with Gasteiger partial charge >= 0.3 is 12.0 Å². The number of benzene rings is 2. The van der Waals surface area contributed by atoms with Crippen molar-refractivity contribution in [2.45, 2.75) is 13.5 Å². The molecule has 0 aliphatic carbocycles. The van der Waals surface area contributed by atoms with Crippen LogP contribution in [0.5, 0.6) is 0 Å². The standard InChI is InChI=1S/C19H17ClN4O3/c1-12-9-14(20)7-8-15(12)21-19(27)23-16-11-24(17(22-16)18(25)26)10-13-5-3-2-4-6-13/h2-9,11H,10H2,1H3,(H,25,26)(H2,21,23,27). The number of rotatable bonds is 5. The van der Waals surface area contributed by atoms with Gasteiger partial charge in [0.1, 0.15) is 0 Å². The third kappa shape index (κ3) is 4.65. The molecule has 138 valence electrons. The third-order valence-electron chi connectivity index (χ3n) is 3.84. The zero-order chi connectivity index (χ0) is 19.4. The smallest absolute Gasteiger partial charge is 0.372 e. The Morgan fingerprint density at radius 1 is 1.15 bits per heavy atom. The number of aromatic carboxylic acids is 1. The van der Waals surface area contributed by atoms with Crippen molar-refractivity contribution in [3.8, 4) is 0 Å². The fraction of sp³-hybridized carbons (Fsp3) is 0.105. The molecule has 0 saturated carbocycles. The maximum Gasteiger partial charge on any atom is 0.372 e. The van der Waals surface area contributed by atoms with E-state index in [-0.39, 0.29) is 11.6 Å². The molecule has 3 N–H and O–H groups in total. The SMILES string of the molecule is Cc1cc(Cl)ccc1NC(=O)Nc1cn(Cc2ccccc2)c(C(=O)O)n1. The second-order valence-corrected chi connectivity index (χ2v) is 6.34. The maximum absolute atomic E-state index is 12.2. The normalized spacial score (nSPS) is 10.4. The second kappa shape index (κ2) is 7.92. The number of anilines is 2. The third-order valence-corrected chi connectivity index (χ3v) is 4.08. The molecule has 3 rings (SSSR count). The number of carbonyl (C=O) groups is 2. The maximum atomic E-state index is 12.2. The molecule has 8 heteroatoms. The van der Waals surface area contributed by atoms with Gasteiger partial charge in [-0.25, -0.2) is 14.6 Å². The number of carboxylic acid groups (broad SMARTS) is 1. The fourth-order valence-electron chi connectivity index (χ4n) is 2.58. The number of imidazole rings is 1. The Bertz CT molecular complexity index is 986. The molecule has 3 aromatic rings. The monoisotopic (exact) mass is 384 g/mol.